The van der Waals surface area contributed by atoms with E-state index in [-0.39, 0.29) is 9.92 Å². The lowest BCUT2D eigenvalue weighted by molar-refractivity contribution is -0.747. The first-order chi connectivity index (χ1) is 13.0. The zero-order valence-corrected chi connectivity index (χ0v) is 16.9. The summed E-state index contributed by atoms with van der Waals surface area (Å²) in [4.78, 5) is 0.246. The van der Waals surface area contributed by atoms with E-state index in [1.54, 1.807) is 42.2 Å². The molecule has 0 bridgehead atoms. The summed E-state index contributed by atoms with van der Waals surface area (Å²) in [7, 11) is -7.97. The Hall–Kier alpha value is -2.21. The number of halogens is 5. The van der Waals surface area contributed by atoms with E-state index in [1.165, 1.54) is 4.68 Å². The second-order valence-corrected chi connectivity index (χ2v) is 8.43. The van der Waals surface area contributed by atoms with Crippen molar-refractivity contribution in [2.45, 2.75) is 16.5 Å². The van der Waals surface area contributed by atoms with Crippen LogP contribution in [0.15, 0.2) is 75.2 Å². The molecule has 0 spiro atoms. The van der Waals surface area contributed by atoms with Crippen molar-refractivity contribution in [3.05, 3.63) is 70.8 Å². The normalized spacial score (nSPS) is 11.6. The number of sulfone groups is 1. The molecule has 0 amide bonds. The van der Waals surface area contributed by atoms with Crippen molar-refractivity contribution in [1.82, 2.24) is 9.90 Å². The Balaban J connectivity index is 0.000000500. The summed E-state index contributed by atoms with van der Waals surface area (Å²) in [5.41, 5.74) is 1.06. The number of benzene rings is 2. The van der Waals surface area contributed by atoms with Crippen LogP contribution in [0.2, 0.25) is 0 Å². The predicted molar refractivity (Wildman–Crippen MR) is 98.7 cm³/mol. The molecule has 28 heavy (non-hydrogen) atoms. The summed E-state index contributed by atoms with van der Waals surface area (Å²) in [6, 6.07) is 16.4. The van der Waals surface area contributed by atoms with Crippen molar-refractivity contribution >= 4 is 33.0 Å². The largest absolute Gasteiger partial charge is 0.673 e. The first-order valence-corrected chi connectivity index (χ1v) is 10.1. The van der Waals surface area contributed by atoms with E-state index in [1.807, 2.05) is 30.3 Å². The highest BCUT2D eigenvalue weighted by Crippen LogP contribution is 2.21. The number of hydrogen-bond acceptors (Lipinski definition) is 3. The summed E-state index contributed by atoms with van der Waals surface area (Å²) < 4.78 is 68.3. The molecule has 2 aromatic carbocycles. The number of rotatable bonds is 4. The van der Waals surface area contributed by atoms with Gasteiger partial charge in [0.05, 0.1) is 10.1 Å². The number of aryl methyl sites for hydroxylation is 1. The average Bonchev–Trinajstić information content (AvgIpc) is 2.96. The van der Waals surface area contributed by atoms with Crippen LogP contribution in [0.1, 0.15) is 5.56 Å². The maximum Gasteiger partial charge on any atom is 0.673 e. The Morgan fingerprint density at radius 1 is 1.04 bits per heavy atom. The van der Waals surface area contributed by atoms with Crippen LogP contribution in [-0.4, -0.2) is 25.6 Å². The number of aromatic nitrogens is 3. The molecule has 0 saturated heterocycles. The van der Waals surface area contributed by atoms with Crippen LogP contribution >= 0.6 is 15.9 Å². The summed E-state index contributed by atoms with van der Waals surface area (Å²) >= 11 is 3.31. The van der Waals surface area contributed by atoms with E-state index in [4.69, 9.17) is 0 Å². The molecule has 1 aromatic heterocycles. The van der Waals surface area contributed by atoms with Crippen molar-refractivity contribution < 1.29 is 30.4 Å². The van der Waals surface area contributed by atoms with E-state index < -0.39 is 17.1 Å². The van der Waals surface area contributed by atoms with Crippen molar-refractivity contribution in [2.24, 2.45) is 7.05 Å². The standard InChI is InChI=1S/C16H15BrN3O2S.BF4/c1-19-16(23(21,22)15-9-7-14(17)8-10-15)12-20(18-19)11-13-5-3-2-4-6-13;2-1(3,4)5/h2-10,12H,11H2,1H3;/q+1;-1. The van der Waals surface area contributed by atoms with Gasteiger partial charge in [-0.3, -0.25) is 0 Å². The van der Waals surface area contributed by atoms with Gasteiger partial charge in [-0.05, 0) is 29.8 Å². The highest BCUT2D eigenvalue weighted by Gasteiger charge is 2.28. The molecular weight excluding hydrogens is 465 g/mol. The lowest BCUT2D eigenvalue weighted by Gasteiger charge is -1.99. The van der Waals surface area contributed by atoms with Crippen LogP contribution in [0, 0.1) is 0 Å². The molecule has 0 aliphatic heterocycles. The van der Waals surface area contributed by atoms with Gasteiger partial charge in [-0.2, -0.15) is 0 Å². The van der Waals surface area contributed by atoms with E-state index in [9.17, 15) is 25.7 Å². The minimum atomic E-state index is -6.00. The summed E-state index contributed by atoms with van der Waals surface area (Å²) in [6.45, 7) is 0.518. The molecule has 0 aliphatic rings. The maximum atomic E-state index is 12.7. The first kappa shape index (κ1) is 22.1. The third kappa shape index (κ3) is 6.45. The number of hydrogen-bond donors (Lipinski definition) is 0. The number of nitrogens with zero attached hydrogens (tertiary/aromatic N) is 3. The van der Waals surface area contributed by atoms with Gasteiger partial charge in [0.25, 0.3) is 5.03 Å². The fourth-order valence-electron chi connectivity index (χ4n) is 2.28. The third-order valence-electron chi connectivity index (χ3n) is 3.41. The fourth-order valence-corrected chi connectivity index (χ4v) is 3.92. The van der Waals surface area contributed by atoms with Crippen molar-refractivity contribution in [3.63, 3.8) is 0 Å². The molecular formula is C16H15BBrF4N3O2S. The highest BCUT2D eigenvalue weighted by atomic mass is 79.9. The average molecular weight is 480 g/mol. The van der Waals surface area contributed by atoms with Crippen molar-refractivity contribution in [1.29, 1.82) is 0 Å². The Kier molecular flexibility index (Phi) is 6.99. The molecule has 5 nitrogen and oxygen atoms in total. The summed E-state index contributed by atoms with van der Waals surface area (Å²) in [5, 5.41) is 4.42. The van der Waals surface area contributed by atoms with Gasteiger partial charge in [0.1, 0.15) is 13.6 Å². The molecule has 12 heteroatoms. The van der Waals surface area contributed by atoms with Gasteiger partial charge in [-0.1, -0.05) is 46.3 Å². The Morgan fingerprint density at radius 3 is 2.11 bits per heavy atom. The van der Waals surface area contributed by atoms with Crippen LogP contribution in [0.5, 0.6) is 0 Å². The smallest absolute Gasteiger partial charge is 0.418 e. The lowest BCUT2D eigenvalue weighted by atomic mass is 10.2. The minimum absolute atomic E-state index is 0.163. The summed E-state index contributed by atoms with van der Waals surface area (Å²) in [5.74, 6) is 0. The van der Waals surface area contributed by atoms with E-state index in [2.05, 4.69) is 21.1 Å². The van der Waals surface area contributed by atoms with Crippen molar-refractivity contribution in [3.8, 4) is 0 Å². The van der Waals surface area contributed by atoms with Gasteiger partial charge in [0.15, 0.2) is 6.20 Å². The van der Waals surface area contributed by atoms with Gasteiger partial charge in [-0.15, -0.1) is 9.36 Å². The Labute approximate surface area is 167 Å². The van der Waals surface area contributed by atoms with Crippen LogP contribution in [0.4, 0.5) is 17.3 Å². The molecule has 150 valence electrons. The van der Waals surface area contributed by atoms with E-state index >= 15 is 0 Å². The predicted octanol–water partition coefficient (Wildman–Crippen LogP) is 3.65. The van der Waals surface area contributed by atoms with E-state index in [0.29, 0.717) is 6.54 Å². The monoisotopic (exact) mass is 479 g/mol. The Bertz CT molecular complexity index is 1020. The molecule has 0 saturated carbocycles. The first-order valence-electron chi connectivity index (χ1n) is 7.82. The lowest BCUT2D eigenvalue weighted by Crippen LogP contribution is -2.36. The topological polar surface area (TPSA) is 55.8 Å². The molecule has 3 rings (SSSR count). The fraction of sp³-hybridized carbons (Fsp3) is 0.125. The van der Waals surface area contributed by atoms with Crippen LogP contribution in [-0.2, 0) is 23.4 Å². The quantitative estimate of drug-likeness (QED) is 0.326. The van der Waals surface area contributed by atoms with E-state index in [0.717, 1.165) is 10.0 Å². The highest BCUT2D eigenvalue weighted by molar-refractivity contribution is 9.10. The summed E-state index contributed by atoms with van der Waals surface area (Å²) in [6.07, 6.45) is 1.56. The molecule has 0 aliphatic carbocycles. The van der Waals surface area contributed by atoms with Crippen LogP contribution in [0.25, 0.3) is 0 Å². The second kappa shape index (κ2) is 8.86. The second-order valence-electron chi connectivity index (χ2n) is 5.62. The molecule has 0 radical (unpaired) electrons. The van der Waals surface area contributed by atoms with Gasteiger partial charge in [0, 0.05) is 4.47 Å². The van der Waals surface area contributed by atoms with Gasteiger partial charge in [-0.25, -0.2) is 8.42 Å². The van der Waals surface area contributed by atoms with Gasteiger partial charge < -0.3 is 17.3 Å². The Morgan fingerprint density at radius 2 is 1.57 bits per heavy atom. The van der Waals surface area contributed by atoms with Gasteiger partial charge >= 0.3 is 7.25 Å². The molecule has 0 unspecified atom stereocenters. The zero-order valence-electron chi connectivity index (χ0n) is 14.5. The van der Waals surface area contributed by atoms with Crippen LogP contribution < -0.4 is 4.68 Å². The van der Waals surface area contributed by atoms with Gasteiger partial charge in [0.2, 0.25) is 9.84 Å². The molecule has 3 aromatic rings. The van der Waals surface area contributed by atoms with Crippen molar-refractivity contribution in [2.75, 3.05) is 0 Å². The maximum absolute atomic E-state index is 12.7. The molecule has 1 heterocycles. The minimum Gasteiger partial charge on any atom is -0.418 e. The van der Waals surface area contributed by atoms with Crippen LogP contribution in [0.3, 0.4) is 0 Å². The third-order valence-corrected chi connectivity index (χ3v) is 5.76. The molecule has 0 N–H and O–H groups in total. The molecule has 0 atom stereocenters. The molecule has 0 fully saturated rings. The zero-order chi connectivity index (χ0) is 20.9. The SMILES string of the molecule is Cn1n[n+](Cc2ccccc2)cc1S(=O)(=O)c1ccc(Br)cc1.F[B-](F)(F)F.